The Hall–Kier alpha value is -2.21. The number of para-hydroxylation sites is 1. The molecule has 2 amide bonds. The Kier molecular flexibility index (Phi) is 6.09. The highest BCUT2D eigenvalue weighted by molar-refractivity contribution is 9.10. The molecule has 0 aliphatic heterocycles. The molecule has 24 heavy (non-hydrogen) atoms. The van der Waals surface area contributed by atoms with E-state index in [4.69, 9.17) is 0 Å². The minimum absolute atomic E-state index is 0.125. The third-order valence-corrected chi connectivity index (χ3v) is 4.25. The lowest BCUT2D eigenvalue weighted by Gasteiger charge is -2.18. The number of nitrogens with one attached hydrogen (secondary N) is 1. The van der Waals surface area contributed by atoms with Crippen LogP contribution in [0, 0.1) is 5.82 Å². The van der Waals surface area contributed by atoms with Gasteiger partial charge in [-0.25, -0.2) is 4.39 Å². The SMILES string of the molecule is CCc1ccccc1NC(=O)CN(C)C(=O)c1cc(F)ccc1Br. The second-order valence-electron chi connectivity index (χ2n) is 5.34. The summed E-state index contributed by atoms with van der Waals surface area (Å²) in [4.78, 5) is 25.8. The van der Waals surface area contributed by atoms with Gasteiger partial charge in [0.15, 0.2) is 0 Å². The number of carbonyl (C=O) groups is 2. The van der Waals surface area contributed by atoms with Crippen molar-refractivity contribution in [2.24, 2.45) is 0 Å². The van der Waals surface area contributed by atoms with Crippen LogP contribution in [-0.4, -0.2) is 30.3 Å². The zero-order chi connectivity index (χ0) is 17.7. The maximum Gasteiger partial charge on any atom is 0.255 e. The normalized spacial score (nSPS) is 10.3. The molecule has 0 saturated heterocycles. The molecule has 0 unspecified atom stereocenters. The van der Waals surface area contributed by atoms with Crippen molar-refractivity contribution in [3.8, 4) is 0 Å². The van der Waals surface area contributed by atoms with E-state index >= 15 is 0 Å². The topological polar surface area (TPSA) is 49.4 Å². The van der Waals surface area contributed by atoms with Gasteiger partial charge in [0, 0.05) is 17.2 Å². The van der Waals surface area contributed by atoms with E-state index < -0.39 is 11.7 Å². The van der Waals surface area contributed by atoms with Crippen molar-refractivity contribution < 1.29 is 14.0 Å². The number of rotatable bonds is 5. The van der Waals surface area contributed by atoms with Gasteiger partial charge in [0.05, 0.1) is 12.1 Å². The Balaban J connectivity index is 2.06. The van der Waals surface area contributed by atoms with Crippen molar-refractivity contribution in [3.05, 3.63) is 63.9 Å². The summed E-state index contributed by atoms with van der Waals surface area (Å²) in [5.41, 5.74) is 1.93. The van der Waals surface area contributed by atoms with Crippen LogP contribution in [0.5, 0.6) is 0 Å². The average Bonchev–Trinajstić information content (AvgIpc) is 2.56. The predicted molar refractivity (Wildman–Crippen MR) is 95.5 cm³/mol. The summed E-state index contributed by atoms with van der Waals surface area (Å²) in [6, 6.07) is 11.4. The molecular formula is C18H18BrFN2O2. The summed E-state index contributed by atoms with van der Waals surface area (Å²) in [7, 11) is 1.50. The summed E-state index contributed by atoms with van der Waals surface area (Å²) in [6.45, 7) is 1.88. The van der Waals surface area contributed by atoms with Gasteiger partial charge in [0.2, 0.25) is 5.91 Å². The highest BCUT2D eigenvalue weighted by atomic mass is 79.9. The van der Waals surface area contributed by atoms with Gasteiger partial charge < -0.3 is 10.2 Å². The maximum atomic E-state index is 13.3. The van der Waals surface area contributed by atoms with Crippen molar-refractivity contribution in [2.75, 3.05) is 18.9 Å². The molecule has 0 saturated carbocycles. The van der Waals surface area contributed by atoms with Gasteiger partial charge in [-0.05, 0) is 52.2 Å². The summed E-state index contributed by atoms with van der Waals surface area (Å²) in [5, 5.41) is 2.81. The van der Waals surface area contributed by atoms with E-state index in [1.807, 2.05) is 31.2 Å². The van der Waals surface area contributed by atoms with Crippen molar-refractivity contribution >= 4 is 33.4 Å². The zero-order valence-electron chi connectivity index (χ0n) is 13.5. The standard InChI is InChI=1S/C18H18BrFN2O2/c1-3-12-6-4-5-7-16(12)21-17(23)11-22(2)18(24)14-10-13(20)8-9-15(14)19/h4-10H,3,11H2,1-2H3,(H,21,23). The number of carbonyl (C=O) groups excluding carboxylic acids is 2. The molecule has 0 radical (unpaired) electrons. The van der Waals surface area contributed by atoms with E-state index in [-0.39, 0.29) is 18.0 Å². The predicted octanol–water partition coefficient (Wildman–Crippen LogP) is 3.86. The number of amides is 2. The van der Waals surface area contributed by atoms with Crippen LogP contribution in [0.1, 0.15) is 22.8 Å². The molecule has 1 N–H and O–H groups in total. The Bertz CT molecular complexity index is 764. The molecule has 126 valence electrons. The highest BCUT2D eigenvalue weighted by Crippen LogP contribution is 2.19. The number of nitrogens with zero attached hydrogens (tertiary/aromatic N) is 1. The summed E-state index contributed by atoms with van der Waals surface area (Å²) >= 11 is 3.22. The monoisotopic (exact) mass is 392 g/mol. The van der Waals surface area contributed by atoms with Crippen LogP contribution >= 0.6 is 15.9 Å². The summed E-state index contributed by atoms with van der Waals surface area (Å²) in [6.07, 6.45) is 0.793. The Morgan fingerprint density at radius 2 is 1.92 bits per heavy atom. The second kappa shape index (κ2) is 8.06. The quantitative estimate of drug-likeness (QED) is 0.839. The van der Waals surface area contributed by atoms with Crippen LogP contribution in [0.3, 0.4) is 0 Å². The molecule has 2 aromatic carbocycles. The smallest absolute Gasteiger partial charge is 0.255 e. The Morgan fingerprint density at radius 3 is 2.62 bits per heavy atom. The third-order valence-electron chi connectivity index (χ3n) is 3.56. The van der Waals surface area contributed by atoms with E-state index in [1.54, 1.807) is 0 Å². The number of benzene rings is 2. The fraction of sp³-hybridized carbons (Fsp3) is 0.222. The van der Waals surface area contributed by atoms with Gasteiger partial charge in [-0.15, -0.1) is 0 Å². The first-order valence-electron chi connectivity index (χ1n) is 7.50. The number of hydrogen-bond acceptors (Lipinski definition) is 2. The molecule has 0 bridgehead atoms. The lowest BCUT2D eigenvalue weighted by Crippen LogP contribution is -2.35. The molecule has 0 spiro atoms. The molecule has 0 aliphatic rings. The fourth-order valence-corrected chi connectivity index (χ4v) is 2.71. The second-order valence-corrected chi connectivity index (χ2v) is 6.20. The third kappa shape index (κ3) is 4.41. The van der Waals surface area contributed by atoms with Crippen molar-refractivity contribution in [2.45, 2.75) is 13.3 Å². The van der Waals surface area contributed by atoms with Gasteiger partial charge in [0.1, 0.15) is 5.82 Å². The zero-order valence-corrected chi connectivity index (χ0v) is 15.1. The van der Waals surface area contributed by atoms with Gasteiger partial charge >= 0.3 is 0 Å². The first kappa shape index (κ1) is 18.1. The van der Waals surface area contributed by atoms with E-state index in [9.17, 15) is 14.0 Å². The van der Waals surface area contributed by atoms with Crippen molar-refractivity contribution in [3.63, 3.8) is 0 Å². The molecule has 4 nitrogen and oxygen atoms in total. The van der Waals surface area contributed by atoms with Crippen LogP contribution < -0.4 is 5.32 Å². The van der Waals surface area contributed by atoms with E-state index in [1.165, 1.54) is 24.1 Å². The Morgan fingerprint density at radius 1 is 1.21 bits per heavy atom. The molecule has 0 fully saturated rings. The lowest BCUT2D eigenvalue weighted by molar-refractivity contribution is -0.116. The van der Waals surface area contributed by atoms with Crippen molar-refractivity contribution in [1.29, 1.82) is 0 Å². The maximum absolute atomic E-state index is 13.3. The summed E-state index contributed by atoms with van der Waals surface area (Å²) < 4.78 is 13.8. The lowest BCUT2D eigenvalue weighted by atomic mass is 10.1. The molecule has 2 rings (SSSR count). The number of hydrogen-bond donors (Lipinski definition) is 1. The van der Waals surface area contributed by atoms with Crippen LogP contribution in [0.25, 0.3) is 0 Å². The Labute approximate surface area is 148 Å². The molecule has 2 aromatic rings. The van der Waals surface area contributed by atoms with Gasteiger partial charge in [0.25, 0.3) is 5.91 Å². The number of anilines is 1. The van der Waals surface area contributed by atoms with Crippen LogP contribution in [0.4, 0.5) is 10.1 Å². The fourth-order valence-electron chi connectivity index (χ4n) is 2.29. The number of aryl methyl sites for hydroxylation is 1. The van der Waals surface area contributed by atoms with Gasteiger partial charge in [-0.2, -0.15) is 0 Å². The number of likely N-dealkylation sites (N-methyl/N-ethyl adjacent to an activating group) is 1. The summed E-state index contributed by atoms with van der Waals surface area (Å²) in [5.74, 6) is -1.24. The number of halogens is 2. The molecular weight excluding hydrogens is 375 g/mol. The minimum Gasteiger partial charge on any atom is -0.332 e. The van der Waals surface area contributed by atoms with Crippen LogP contribution in [0.15, 0.2) is 46.9 Å². The molecule has 0 atom stereocenters. The minimum atomic E-state index is -0.503. The van der Waals surface area contributed by atoms with E-state index in [0.717, 1.165) is 23.7 Å². The van der Waals surface area contributed by atoms with E-state index in [0.29, 0.717) is 4.47 Å². The molecule has 6 heteroatoms. The van der Waals surface area contributed by atoms with Crippen LogP contribution in [-0.2, 0) is 11.2 Å². The van der Waals surface area contributed by atoms with E-state index in [2.05, 4.69) is 21.2 Å². The molecule has 0 aliphatic carbocycles. The van der Waals surface area contributed by atoms with Crippen LogP contribution in [0.2, 0.25) is 0 Å². The molecule has 0 heterocycles. The molecule has 0 aromatic heterocycles. The first-order chi connectivity index (χ1) is 11.4. The van der Waals surface area contributed by atoms with Gasteiger partial charge in [-0.1, -0.05) is 25.1 Å². The van der Waals surface area contributed by atoms with Crippen molar-refractivity contribution in [1.82, 2.24) is 4.90 Å². The average molecular weight is 393 g/mol. The van der Waals surface area contributed by atoms with Gasteiger partial charge in [-0.3, -0.25) is 9.59 Å². The largest absolute Gasteiger partial charge is 0.332 e. The first-order valence-corrected chi connectivity index (χ1v) is 8.30. The highest BCUT2D eigenvalue weighted by Gasteiger charge is 2.18.